The summed E-state index contributed by atoms with van der Waals surface area (Å²) in [6.07, 6.45) is 5.35. The van der Waals surface area contributed by atoms with E-state index in [1.807, 2.05) is 11.5 Å². The lowest BCUT2D eigenvalue weighted by molar-refractivity contribution is -0.113. The minimum atomic E-state index is -0.450. The first-order valence-corrected chi connectivity index (χ1v) is 13.7. The van der Waals surface area contributed by atoms with E-state index in [1.165, 1.54) is 40.1 Å². The molecule has 188 valence electrons. The minimum Gasteiger partial charge on any atom is -0.483 e. The molecular formula is C26H28FN5O2S2. The first kappa shape index (κ1) is 25.9. The molecule has 2 heterocycles. The number of aromatic nitrogens is 3. The molecule has 2 atom stereocenters. The van der Waals surface area contributed by atoms with E-state index in [0.29, 0.717) is 39.8 Å². The Labute approximate surface area is 218 Å². The Kier molecular flexibility index (Phi) is 8.44. The van der Waals surface area contributed by atoms with Crippen molar-refractivity contribution in [1.82, 2.24) is 14.8 Å². The quantitative estimate of drug-likeness (QED) is 0.261. The highest BCUT2D eigenvalue weighted by Gasteiger charge is 2.26. The van der Waals surface area contributed by atoms with Crippen LogP contribution < -0.4 is 10.1 Å². The summed E-state index contributed by atoms with van der Waals surface area (Å²) in [4.78, 5) is 14.0. The standard InChI is InChI=1S/C26H28FN5O2S2/c1-4-12-32-24(16(3)34-19-9-7-18(27)8-10-19)30-31-26(32)35-15-23(33)29-25-21(14-28)20-11-6-17(5-2)13-22(20)36-25/h4,7-10,16-17H,1,5-6,11-13,15H2,2-3H3,(H,29,33). The van der Waals surface area contributed by atoms with E-state index >= 15 is 0 Å². The van der Waals surface area contributed by atoms with Crippen molar-refractivity contribution >= 4 is 34.0 Å². The number of fused-ring (bicyclic) bond motifs is 1. The number of carbonyl (C=O) groups excluding carboxylic acids is 1. The number of thiophene rings is 1. The zero-order chi connectivity index (χ0) is 25.7. The van der Waals surface area contributed by atoms with Gasteiger partial charge in [-0.2, -0.15) is 5.26 Å². The number of nitrogens with zero attached hydrogens (tertiary/aromatic N) is 4. The summed E-state index contributed by atoms with van der Waals surface area (Å²) in [6, 6.07) is 8.08. The molecule has 1 aliphatic rings. The van der Waals surface area contributed by atoms with E-state index in [-0.39, 0.29) is 17.5 Å². The first-order valence-electron chi connectivity index (χ1n) is 11.9. The molecule has 0 saturated carbocycles. The number of nitrogens with one attached hydrogen (secondary N) is 1. The summed E-state index contributed by atoms with van der Waals surface area (Å²) in [5.41, 5.74) is 1.70. The van der Waals surface area contributed by atoms with Gasteiger partial charge in [-0.1, -0.05) is 31.2 Å². The number of halogens is 1. The van der Waals surface area contributed by atoms with Crippen molar-refractivity contribution in [3.8, 4) is 11.8 Å². The molecule has 10 heteroatoms. The number of rotatable bonds is 10. The Morgan fingerprint density at radius 3 is 2.92 bits per heavy atom. The molecule has 0 saturated heterocycles. The molecule has 7 nitrogen and oxygen atoms in total. The van der Waals surface area contributed by atoms with Crippen LogP contribution in [0.2, 0.25) is 0 Å². The maximum Gasteiger partial charge on any atom is 0.235 e. The third-order valence-electron chi connectivity index (χ3n) is 6.19. The number of carbonyl (C=O) groups is 1. The molecule has 1 aliphatic carbocycles. The normalized spacial score (nSPS) is 15.6. The number of nitriles is 1. The Bertz CT molecular complexity index is 1280. The lowest BCUT2D eigenvalue weighted by atomic mass is 9.86. The summed E-state index contributed by atoms with van der Waals surface area (Å²) >= 11 is 2.79. The number of hydrogen-bond acceptors (Lipinski definition) is 7. The highest BCUT2D eigenvalue weighted by atomic mass is 32.2. The predicted molar refractivity (Wildman–Crippen MR) is 140 cm³/mol. The van der Waals surface area contributed by atoms with Crippen molar-refractivity contribution in [1.29, 1.82) is 5.26 Å². The lowest BCUT2D eigenvalue weighted by Gasteiger charge is -2.20. The highest BCUT2D eigenvalue weighted by Crippen LogP contribution is 2.40. The number of benzene rings is 1. The van der Waals surface area contributed by atoms with Crippen LogP contribution in [0.1, 0.15) is 54.6 Å². The van der Waals surface area contributed by atoms with Gasteiger partial charge in [0.15, 0.2) is 17.1 Å². The number of allylic oxidation sites excluding steroid dienone is 1. The van der Waals surface area contributed by atoms with Crippen molar-refractivity contribution in [2.24, 2.45) is 5.92 Å². The fraction of sp³-hybridized carbons (Fsp3) is 0.385. The highest BCUT2D eigenvalue weighted by molar-refractivity contribution is 7.99. The van der Waals surface area contributed by atoms with E-state index in [4.69, 9.17) is 4.74 Å². The maximum atomic E-state index is 13.2. The number of ether oxygens (including phenoxy) is 1. The Morgan fingerprint density at radius 2 is 2.22 bits per heavy atom. The van der Waals surface area contributed by atoms with Crippen molar-refractivity contribution in [2.45, 2.75) is 57.3 Å². The largest absolute Gasteiger partial charge is 0.483 e. The van der Waals surface area contributed by atoms with Gasteiger partial charge in [-0.3, -0.25) is 9.36 Å². The molecule has 4 rings (SSSR count). The molecule has 0 spiro atoms. The van der Waals surface area contributed by atoms with Crippen LogP contribution in [0.4, 0.5) is 9.39 Å². The fourth-order valence-electron chi connectivity index (χ4n) is 4.28. The van der Waals surface area contributed by atoms with E-state index in [0.717, 1.165) is 31.2 Å². The van der Waals surface area contributed by atoms with Gasteiger partial charge in [0, 0.05) is 11.4 Å². The van der Waals surface area contributed by atoms with Gasteiger partial charge >= 0.3 is 0 Å². The summed E-state index contributed by atoms with van der Waals surface area (Å²) in [7, 11) is 0. The molecule has 1 aromatic carbocycles. The van der Waals surface area contributed by atoms with E-state index in [2.05, 4.69) is 35.1 Å². The summed E-state index contributed by atoms with van der Waals surface area (Å²) in [5.74, 6) is 1.31. The molecule has 1 amide bonds. The molecule has 0 bridgehead atoms. The van der Waals surface area contributed by atoms with Crippen LogP contribution in [0, 0.1) is 23.1 Å². The monoisotopic (exact) mass is 525 g/mol. The van der Waals surface area contributed by atoms with Gasteiger partial charge in [0.2, 0.25) is 5.91 Å². The van der Waals surface area contributed by atoms with Gasteiger partial charge in [-0.05, 0) is 61.9 Å². The summed E-state index contributed by atoms with van der Waals surface area (Å²) in [6.45, 7) is 8.28. The summed E-state index contributed by atoms with van der Waals surface area (Å²) < 4.78 is 20.9. The number of anilines is 1. The molecule has 0 radical (unpaired) electrons. The summed E-state index contributed by atoms with van der Waals surface area (Å²) in [5, 5.41) is 22.4. The topological polar surface area (TPSA) is 92.8 Å². The van der Waals surface area contributed by atoms with Crippen molar-refractivity contribution < 1.29 is 13.9 Å². The predicted octanol–water partition coefficient (Wildman–Crippen LogP) is 5.92. The molecular weight excluding hydrogens is 497 g/mol. The van der Waals surface area contributed by atoms with Gasteiger partial charge in [0.25, 0.3) is 0 Å². The first-order chi connectivity index (χ1) is 17.4. The zero-order valence-corrected chi connectivity index (χ0v) is 21.9. The van der Waals surface area contributed by atoms with E-state index in [9.17, 15) is 14.4 Å². The van der Waals surface area contributed by atoms with Gasteiger partial charge in [-0.15, -0.1) is 28.1 Å². The lowest BCUT2D eigenvalue weighted by Crippen LogP contribution is -2.15. The van der Waals surface area contributed by atoms with Crippen molar-refractivity contribution in [2.75, 3.05) is 11.1 Å². The van der Waals surface area contributed by atoms with Gasteiger partial charge < -0.3 is 10.1 Å². The average Bonchev–Trinajstić information content (AvgIpc) is 3.44. The Hall–Kier alpha value is -3.16. The minimum absolute atomic E-state index is 0.119. The molecule has 2 aromatic heterocycles. The van der Waals surface area contributed by atoms with Crippen LogP contribution in [0.15, 0.2) is 42.1 Å². The second-order valence-corrected chi connectivity index (χ2v) is 10.7. The fourth-order valence-corrected chi connectivity index (χ4v) is 6.36. The SMILES string of the molecule is C=CCn1c(SCC(=O)Nc2sc3c(c2C#N)CCC(CC)C3)nnc1C(C)Oc1ccc(F)cc1. The van der Waals surface area contributed by atoms with Gasteiger partial charge in [0.05, 0.1) is 11.3 Å². The second kappa shape index (κ2) is 11.7. The van der Waals surface area contributed by atoms with Crippen molar-refractivity contribution in [3.05, 3.63) is 64.6 Å². The number of thioether (sulfide) groups is 1. The van der Waals surface area contributed by atoms with Crippen LogP contribution in [0.25, 0.3) is 0 Å². The molecule has 0 aliphatic heterocycles. The van der Waals surface area contributed by atoms with Crippen molar-refractivity contribution in [3.63, 3.8) is 0 Å². The van der Waals surface area contributed by atoms with Crippen LogP contribution in [-0.4, -0.2) is 26.4 Å². The van der Waals surface area contributed by atoms with Crippen LogP contribution in [-0.2, 0) is 24.2 Å². The van der Waals surface area contributed by atoms with E-state index < -0.39 is 6.10 Å². The van der Waals surface area contributed by atoms with E-state index in [1.54, 1.807) is 18.2 Å². The number of amides is 1. The third kappa shape index (κ3) is 5.79. The van der Waals surface area contributed by atoms with Gasteiger partial charge in [-0.25, -0.2) is 4.39 Å². The van der Waals surface area contributed by atoms with Crippen LogP contribution in [0.5, 0.6) is 5.75 Å². The van der Waals surface area contributed by atoms with Crippen LogP contribution >= 0.6 is 23.1 Å². The molecule has 2 unspecified atom stereocenters. The molecule has 0 fully saturated rings. The second-order valence-electron chi connectivity index (χ2n) is 8.63. The Balaban J connectivity index is 1.42. The number of hydrogen-bond donors (Lipinski definition) is 1. The maximum absolute atomic E-state index is 13.2. The van der Waals surface area contributed by atoms with Gasteiger partial charge in [0.1, 0.15) is 22.6 Å². The zero-order valence-electron chi connectivity index (χ0n) is 20.3. The molecule has 3 aromatic rings. The smallest absolute Gasteiger partial charge is 0.235 e. The Morgan fingerprint density at radius 1 is 1.44 bits per heavy atom. The van der Waals surface area contributed by atoms with Crippen LogP contribution in [0.3, 0.4) is 0 Å². The average molecular weight is 526 g/mol. The third-order valence-corrected chi connectivity index (χ3v) is 8.33. The molecule has 1 N–H and O–H groups in total. The molecule has 36 heavy (non-hydrogen) atoms.